The normalized spacial score (nSPS) is 14.5. The molecule has 1 aromatic rings. The van der Waals surface area contributed by atoms with Gasteiger partial charge in [-0.1, -0.05) is 29.8 Å². The molecule has 0 heterocycles. The van der Waals surface area contributed by atoms with Crippen LogP contribution in [0.2, 0.25) is 0 Å². The summed E-state index contributed by atoms with van der Waals surface area (Å²) in [5, 5.41) is 0. The Bertz CT molecular complexity index is 388. The molecule has 1 aliphatic rings. The number of hydrogen-bond donors (Lipinski definition) is 0. The van der Waals surface area contributed by atoms with Crippen LogP contribution in [0, 0.1) is 6.92 Å². The number of carbonyl (C=O) groups excluding carboxylic acids is 1. The molecular formula is C13H14O. The molecule has 0 aliphatic heterocycles. The number of benzene rings is 1. The molecule has 1 aromatic carbocycles. The first-order valence-electron chi connectivity index (χ1n) is 5.03. The lowest BCUT2D eigenvalue weighted by molar-refractivity contribution is -0.107. The monoisotopic (exact) mass is 186 g/mol. The average molecular weight is 186 g/mol. The number of aldehydes is 1. The van der Waals surface area contributed by atoms with E-state index in [9.17, 15) is 4.79 Å². The summed E-state index contributed by atoms with van der Waals surface area (Å²) in [6.07, 6.45) is 5.87. The van der Waals surface area contributed by atoms with E-state index in [1.807, 2.05) is 0 Å². The van der Waals surface area contributed by atoms with Crippen molar-refractivity contribution in [1.29, 1.82) is 0 Å². The van der Waals surface area contributed by atoms with Gasteiger partial charge in [-0.25, -0.2) is 0 Å². The Morgan fingerprint density at radius 2 is 2.21 bits per heavy atom. The zero-order chi connectivity index (χ0) is 9.97. The van der Waals surface area contributed by atoms with Crippen LogP contribution >= 0.6 is 0 Å². The largest absolute Gasteiger partial charge is 0.303 e. The number of aryl methyl sites for hydroxylation is 1. The Hall–Kier alpha value is -1.37. The molecule has 1 nitrogen and oxygen atoms in total. The van der Waals surface area contributed by atoms with Gasteiger partial charge in [0.2, 0.25) is 0 Å². The molecule has 0 aromatic heterocycles. The summed E-state index contributed by atoms with van der Waals surface area (Å²) < 4.78 is 0. The molecule has 72 valence electrons. The minimum atomic E-state index is 0.591. The molecule has 0 saturated heterocycles. The van der Waals surface area contributed by atoms with Crippen molar-refractivity contribution < 1.29 is 4.79 Å². The highest BCUT2D eigenvalue weighted by Crippen LogP contribution is 2.27. The molecule has 0 atom stereocenters. The molecule has 1 heteroatoms. The van der Waals surface area contributed by atoms with Crippen LogP contribution in [0.25, 0.3) is 6.08 Å². The lowest BCUT2D eigenvalue weighted by Crippen LogP contribution is -2.01. The zero-order valence-electron chi connectivity index (χ0n) is 8.42. The molecule has 0 unspecified atom stereocenters. The van der Waals surface area contributed by atoms with Crippen LogP contribution < -0.4 is 0 Å². The molecule has 0 spiro atoms. The van der Waals surface area contributed by atoms with Gasteiger partial charge in [0.25, 0.3) is 0 Å². The molecule has 0 fully saturated rings. The lowest BCUT2D eigenvalue weighted by atomic mass is 9.88. The van der Waals surface area contributed by atoms with Crippen LogP contribution in [0.3, 0.4) is 0 Å². The van der Waals surface area contributed by atoms with E-state index in [0.29, 0.717) is 6.42 Å². The summed E-state index contributed by atoms with van der Waals surface area (Å²) in [5.74, 6) is 0. The van der Waals surface area contributed by atoms with Crippen molar-refractivity contribution in [2.75, 3.05) is 0 Å². The highest BCUT2D eigenvalue weighted by molar-refractivity contribution is 5.66. The maximum Gasteiger partial charge on any atom is 0.124 e. The van der Waals surface area contributed by atoms with Gasteiger partial charge in [-0.05, 0) is 36.5 Å². The summed E-state index contributed by atoms with van der Waals surface area (Å²) in [5.41, 5.74) is 5.37. The van der Waals surface area contributed by atoms with Gasteiger partial charge in [0.05, 0.1) is 0 Å². The second kappa shape index (κ2) is 3.79. The molecule has 14 heavy (non-hydrogen) atoms. The number of fused-ring (bicyclic) bond motifs is 1. The van der Waals surface area contributed by atoms with Gasteiger partial charge in [0.15, 0.2) is 0 Å². The molecule has 0 bridgehead atoms. The van der Waals surface area contributed by atoms with Gasteiger partial charge in [-0.15, -0.1) is 0 Å². The van der Waals surface area contributed by atoms with E-state index in [-0.39, 0.29) is 0 Å². The smallest absolute Gasteiger partial charge is 0.124 e. The SMILES string of the molecule is Cc1cccc2c1CCC(CC=O)=C2. The van der Waals surface area contributed by atoms with Gasteiger partial charge in [-0.2, -0.15) is 0 Å². The number of carbonyl (C=O) groups is 1. The molecule has 2 rings (SSSR count). The Morgan fingerprint density at radius 3 is 3.00 bits per heavy atom. The Morgan fingerprint density at radius 1 is 1.36 bits per heavy atom. The van der Waals surface area contributed by atoms with Crippen molar-refractivity contribution in [3.8, 4) is 0 Å². The van der Waals surface area contributed by atoms with Crippen molar-refractivity contribution in [2.45, 2.75) is 26.2 Å². The first-order chi connectivity index (χ1) is 6.81. The van der Waals surface area contributed by atoms with Crippen molar-refractivity contribution in [3.63, 3.8) is 0 Å². The fourth-order valence-electron chi connectivity index (χ4n) is 2.05. The Kier molecular flexibility index (Phi) is 2.49. The summed E-state index contributed by atoms with van der Waals surface area (Å²) >= 11 is 0. The topological polar surface area (TPSA) is 17.1 Å². The van der Waals surface area contributed by atoms with Crippen LogP contribution in [-0.4, -0.2) is 6.29 Å². The van der Waals surface area contributed by atoms with E-state index < -0.39 is 0 Å². The highest BCUT2D eigenvalue weighted by atomic mass is 16.1. The molecule has 0 saturated carbocycles. The summed E-state index contributed by atoms with van der Waals surface area (Å²) in [7, 11) is 0. The predicted octanol–water partition coefficient (Wildman–Crippen LogP) is 2.91. The van der Waals surface area contributed by atoms with Gasteiger partial charge in [-0.3, -0.25) is 0 Å². The van der Waals surface area contributed by atoms with Gasteiger partial charge >= 0.3 is 0 Å². The van der Waals surface area contributed by atoms with Crippen molar-refractivity contribution >= 4 is 12.4 Å². The maximum atomic E-state index is 10.4. The van der Waals surface area contributed by atoms with E-state index in [2.05, 4.69) is 31.2 Å². The number of rotatable bonds is 2. The van der Waals surface area contributed by atoms with Crippen LogP contribution in [0.15, 0.2) is 23.8 Å². The highest BCUT2D eigenvalue weighted by Gasteiger charge is 2.11. The van der Waals surface area contributed by atoms with E-state index in [0.717, 1.165) is 19.1 Å². The van der Waals surface area contributed by atoms with E-state index >= 15 is 0 Å². The molecule has 0 N–H and O–H groups in total. The summed E-state index contributed by atoms with van der Waals surface area (Å²) in [6, 6.07) is 6.36. The second-order valence-corrected chi connectivity index (χ2v) is 3.82. The Labute approximate surface area is 84.5 Å². The third kappa shape index (κ3) is 1.63. The van der Waals surface area contributed by atoms with E-state index in [4.69, 9.17) is 0 Å². The van der Waals surface area contributed by atoms with E-state index in [1.165, 1.54) is 22.3 Å². The average Bonchev–Trinajstić information content (AvgIpc) is 2.18. The van der Waals surface area contributed by atoms with Crippen LogP contribution in [0.5, 0.6) is 0 Å². The summed E-state index contributed by atoms with van der Waals surface area (Å²) in [6.45, 7) is 2.15. The molecule has 0 amide bonds. The minimum Gasteiger partial charge on any atom is -0.303 e. The third-order valence-electron chi connectivity index (χ3n) is 2.85. The van der Waals surface area contributed by atoms with Gasteiger partial charge in [0.1, 0.15) is 6.29 Å². The van der Waals surface area contributed by atoms with Crippen molar-refractivity contribution in [1.82, 2.24) is 0 Å². The minimum absolute atomic E-state index is 0.591. The zero-order valence-corrected chi connectivity index (χ0v) is 8.42. The molecule has 0 radical (unpaired) electrons. The summed E-state index contributed by atoms with van der Waals surface area (Å²) in [4.78, 5) is 10.4. The number of allylic oxidation sites excluding steroid dienone is 1. The standard InChI is InChI=1S/C13H14O/c1-10-3-2-4-12-9-11(7-8-14)5-6-13(10)12/h2-4,8-9H,5-7H2,1H3. The predicted molar refractivity (Wildman–Crippen MR) is 58.2 cm³/mol. The third-order valence-corrected chi connectivity index (χ3v) is 2.85. The lowest BCUT2D eigenvalue weighted by Gasteiger charge is -2.16. The second-order valence-electron chi connectivity index (χ2n) is 3.82. The van der Waals surface area contributed by atoms with Crippen molar-refractivity contribution in [2.24, 2.45) is 0 Å². The van der Waals surface area contributed by atoms with Gasteiger partial charge < -0.3 is 4.79 Å². The first kappa shape index (κ1) is 9.20. The van der Waals surface area contributed by atoms with Crippen LogP contribution in [0.1, 0.15) is 29.5 Å². The van der Waals surface area contributed by atoms with Crippen LogP contribution in [0.4, 0.5) is 0 Å². The fourth-order valence-corrected chi connectivity index (χ4v) is 2.05. The van der Waals surface area contributed by atoms with Crippen molar-refractivity contribution in [3.05, 3.63) is 40.5 Å². The molecule has 1 aliphatic carbocycles. The Balaban J connectivity index is 2.39. The first-order valence-corrected chi connectivity index (χ1v) is 5.03. The fraction of sp³-hybridized carbons (Fsp3) is 0.308. The maximum absolute atomic E-state index is 10.4. The quantitative estimate of drug-likeness (QED) is 0.649. The van der Waals surface area contributed by atoms with E-state index in [1.54, 1.807) is 0 Å². The van der Waals surface area contributed by atoms with Crippen LogP contribution in [-0.2, 0) is 11.2 Å². The molecular weight excluding hydrogens is 172 g/mol. The number of hydrogen-bond acceptors (Lipinski definition) is 1. The van der Waals surface area contributed by atoms with Gasteiger partial charge in [0, 0.05) is 6.42 Å².